The van der Waals surface area contributed by atoms with Gasteiger partial charge in [0.1, 0.15) is 6.04 Å². The second kappa shape index (κ2) is 26.5. The van der Waals surface area contributed by atoms with Crippen LogP contribution in [0.4, 0.5) is 0 Å². The normalized spacial score (nSPS) is 11.9. The number of carboxylic acid groups (broad SMARTS) is 2. The van der Waals surface area contributed by atoms with E-state index in [1.54, 1.807) is 0 Å². The molecule has 0 aliphatic carbocycles. The van der Waals surface area contributed by atoms with Crippen molar-refractivity contribution < 1.29 is 24.6 Å². The minimum Gasteiger partial charge on any atom is -0.481 e. The molecule has 0 unspecified atom stereocenters. The summed E-state index contributed by atoms with van der Waals surface area (Å²) in [4.78, 5) is 33.7. The molecule has 0 saturated heterocycles. The Kier molecular flexibility index (Phi) is 25.3. The van der Waals surface area contributed by atoms with Gasteiger partial charge in [-0.1, -0.05) is 135 Å². The standard InChI is InChI=1S/C30H57NO5/c1-2-3-4-5-6-7-8-9-10-11-12-13-14-15-16-17-18-19-20-21-22-25-28(32)31-27(30(35)36)24-23-26-29(33)34/h27H,2-26H2,1H3,(H,31,32)(H,33,34)(H,35,36)/t27-/m1/s1. The van der Waals surface area contributed by atoms with Gasteiger partial charge in [0.15, 0.2) is 0 Å². The molecule has 6 heteroatoms. The Morgan fingerprint density at radius 3 is 1.22 bits per heavy atom. The average molecular weight is 512 g/mol. The largest absolute Gasteiger partial charge is 0.481 e. The summed E-state index contributed by atoms with van der Waals surface area (Å²) in [6.45, 7) is 2.28. The van der Waals surface area contributed by atoms with Crippen LogP contribution in [0, 0.1) is 0 Å². The van der Waals surface area contributed by atoms with Crippen molar-refractivity contribution in [3.05, 3.63) is 0 Å². The number of unbranched alkanes of at least 4 members (excludes halogenated alkanes) is 20. The van der Waals surface area contributed by atoms with Crippen molar-refractivity contribution in [1.29, 1.82) is 0 Å². The number of hydrogen-bond donors (Lipinski definition) is 3. The van der Waals surface area contributed by atoms with E-state index in [-0.39, 0.29) is 25.2 Å². The molecule has 0 aromatic carbocycles. The highest BCUT2D eigenvalue weighted by molar-refractivity contribution is 5.83. The van der Waals surface area contributed by atoms with E-state index in [0.717, 1.165) is 19.3 Å². The van der Waals surface area contributed by atoms with Gasteiger partial charge in [0.2, 0.25) is 5.91 Å². The lowest BCUT2D eigenvalue weighted by Crippen LogP contribution is -2.40. The summed E-state index contributed by atoms with van der Waals surface area (Å²) in [6, 6.07) is -0.994. The summed E-state index contributed by atoms with van der Waals surface area (Å²) in [6.07, 6.45) is 28.3. The molecule has 0 bridgehead atoms. The fraction of sp³-hybridized carbons (Fsp3) is 0.900. The maximum atomic E-state index is 12.0. The zero-order valence-electron chi connectivity index (χ0n) is 23.4. The van der Waals surface area contributed by atoms with Gasteiger partial charge in [-0.05, 0) is 19.3 Å². The maximum absolute atomic E-state index is 12.0. The Bertz CT molecular complexity index is 537. The van der Waals surface area contributed by atoms with Gasteiger partial charge < -0.3 is 15.5 Å². The third kappa shape index (κ3) is 25.5. The predicted octanol–water partition coefficient (Wildman–Crippen LogP) is 8.41. The van der Waals surface area contributed by atoms with E-state index in [2.05, 4.69) is 12.2 Å². The van der Waals surface area contributed by atoms with Crippen molar-refractivity contribution in [2.24, 2.45) is 0 Å². The highest BCUT2D eigenvalue weighted by atomic mass is 16.4. The first kappa shape index (κ1) is 34.4. The number of carbonyl (C=O) groups is 3. The first-order valence-corrected chi connectivity index (χ1v) is 15.2. The van der Waals surface area contributed by atoms with Crippen LogP contribution in [-0.2, 0) is 14.4 Å². The van der Waals surface area contributed by atoms with Crippen LogP contribution in [0.2, 0.25) is 0 Å². The number of aliphatic carboxylic acids is 2. The summed E-state index contributed by atoms with van der Waals surface area (Å²) in [5.41, 5.74) is 0. The molecule has 0 rings (SSSR count). The van der Waals surface area contributed by atoms with E-state index in [1.807, 2.05) is 0 Å². The van der Waals surface area contributed by atoms with E-state index < -0.39 is 18.0 Å². The van der Waals surface area contributed by atoms with Crippen LogP contribution in [0.1, 0.15) is 167 Å². The molecule has 0 aliphatic heterocycles. The van der Waals surface area contributed by atoms with Gasteiger partial charge in [-0.15, -0.1) is 0 Å². The van der Waals surface area contributed by atoms with E-state index >= 15 is 0 Å². The van der Waals surface area contributed by atoms with Crippen LogP contribution in [0.5, 0.6) is 0 Å². The zero-order valence-corrected chi connectivity index (χ0v) is 23.4. The molecule has 0 aromatic heterocycles. The van der Waals surface area contributed by atoms with Crippen molar-refractivity contribution in [2.45, 2.75) is 173 Å². The summed E-state index contributed by atoms with van der Waals surface area (Å²) >= 11 is 0. The van der Waals surface area contributed by atoms with Gasteiger partial charge in [0.25, 0.3) is 0 Å². The molecule has 1 amide bonds. The molecule has 0 saturated carbocycles. The number of carboxylic acids is 2. The third-order valence-electron chi connectivity index (χ3n) is 7.02. The number of nitrogens with one attached hydrogen (secondary N) is 1. The lowest BCUT2D eigenvalue weighted by molar-refractivity contribution is -0.142. The maximum Gasteiger partial charge on any atom is 0.326 e. The highest BCUT2D eigenvalue weighted by Crippen LogP contribution is 2.15. The molecule has 6 nitrogen and oxygen atoms in total. The fourth-order valence-electron chi connectivity index (χ4n) is 4.70. The lowest BCUT2D eigenvalue weighted by Gasteiger charge is -2.14. The number of rotatable bonds is 28. The molecular formula is C30H57NO5. The first-order valence-electron chi connectivity index (χ1n) is 15.2. The minimum absolute atomic E-state index is 0.0843. The van der Waals surface area contributed by atoms with Gasteiger partial charge in [-0.2, -0.15) is 0 Å². The Morgan fingerprint density at radius 2 is 0.889 bits per heavy atom. The van der Waals surface area contributed by atoms with Crippen molar-refractivity contribution >= 4 is 17.8 Å². The van der Waals surface area contributed by atoms with Gasteiger partial charge in [0, 0.05) is 12.8 Å². The Morgan fingerprint density at radius 1 is 0.528 bits per heavy atom. The molecule has 0 aliphatic rings. The molecule has 1 atom stereocenters. The SMILES string of the molecule is CCCCCCCCCCCCCCCCCCCCCCCC(=O)N[C@H](CCCC(=O)O)C(=O)O. The molecule has 0 spiro atoms. The van der Waals surface area contributed by atoms with Crippen molar-refractivity contribution in [1.82, 2.24) is 5.32 Å². The fourth-order valence-corrected chi connectivity index (χ4v) is 4.70. The van der Waals surface area contributed by atoms with E-state index in [1.165, 1.54) is 116 Å². The van der Waals surface area contributed by atoms with Crippen molar-refractivity contribution in [2.75, 3.05) is 0 Å². The Hall–Kier alpha value is -1.59. The third-order valence-corrected chi connectivity index (χ3v) is 7.02. The van der Waals surface area contributed by atoms with Crippen LogP contribution in [0.3, 0.4) is 0 Å². The van der Waals surface area contributed by atoms with Gasteiger partial charge >= 0.3 is 11.9 Å². The van der Waals surface area contributed by atoms with Gasteiger partial charge in [-0.3, -0.25) is 9.59 Å². The van der Waals surface area contributed by atoms with Crippen molar-refractivity contribution in [3.63, 3.8) is 0 Å². The molecule has 0 heterocycles. The van der Waals surface area contributed by atoms with Crippen LogP contribution < -0.4 is 5.32 Å². The van der Waals surface area contributed by atoms with E-state index in [0.29, 0.717) is 6.42 Å². The second-order valence-corrected chi connectivity index (χ2v) is 10.6. The van der Waals surface area contributed by atoms with Crippen LogP contribution in [0.25, 0.3) is 0 Å². The van der Waals surface area contributed by atoms with Crippen LogP contribution in [-0.4, -0.2) is 34.1 Å². The molecule has 212 valence electrons. The van der Waals surface area contributed by atoms with E-state index in [9.17, 15) is 19.5 Å². The van der Waals surface area contributed by atoms with Crippen LogP contribution >= 0.6 is 0 Å². The zero-order chi connectivity index (χ0) is 26.7. The van der Waals surface area contributed by atoms with Gasteiger partial charge in [0.05, 0.1) is 0 Å². The average Bonchev–Trinajstić information content (AvgIpc) is 2.84. The Balaban J connectivity index is 3.36. The number of carbonyl (C=O) groups excluding carboxylic acids is 1. The van der Waals surface area contributed by atoms with Crippen LogP contribution in [0.15, 0.2) is 0 Å². The molecule has 0 radical (unpaired) electrons. The number of amides is 1. The summed E-state index contributed by atoms with van der Waals surface area (Å²) in [5, 5.41) is 20.3. The molecule has 0 fully saturated rings. The topological polar surface area (TPSA) is 104 Å². The van der Waals surface area contributed by atoms with E-state index in [4.69, 9.17) is 5.11 Å². The quantitative estimate of drug-likeness (QED) is 0.0915. The molecule has 36 heavy (non-hydrogen) atoms. The minimum atomic E-state index is -1.10. The van der Waals surface area contributed by atoms with Crippen molar-refractivity contribution in [3.8, 4) is 0 Å². The molecule has 0 aromatic rings. The van der Waals surface area contributed by atoms with Gasteiger partial charge in [-0.25, -0.2) is 4.79 Å². The first-order chi connectivity index (χ1) is 17.5. The second-order valence-electron chi connectivity index (χ2n) is 10.6. The highest BCUT2D eigenvalue weighted by Gasteiger charge is 2.19. The summed E-state index contributed by atoms with van der Waals surface area (Å²) in [7, 11) is 0. The summed E-state index contributed by atoms with van der Waals surface area (Å²) < 4.78 is 0. The monoisotopic (exact) mass is 511 g/mol. The number of hydrogen-bond acceptors (Lipinski definition) is 3. The summed E-state index contributed by atoms with van der Waals surface area (Å²) in [5.74, 6) is -2.31. The Labute approximate surface area is 221 Å². The lowest BCUT2D eigenvalue weighted by atomic mass is 10.0. The smallest absolute Gasteiger partial charge is 0.326 e. The molecular weight excluding hydrogens is 454 g/mol. The predicted molar refractivity (Wildman–Crippen MR) is 148 cm³/mol. The molecule has 3 N–H and O–H groups in total.